The number of rotatable bonds is 3. The average Bonchev–Trinajstić information content (AvgIpc) is 2.54. The monoisotopic (exact) mass is 269 g/mol. The summed E-state index contributed by atoms with van der Waals surface area (Å²) in [6.45, 7) is 1.40. The summed E-state index contributed by atoms with van der Waals surface area (Å²) < 4.78 is 27.5. The predicted octanol–water partition coefficient (Wildman–Crippen LogP) is 0.765. The molecule has 0 radical (unpaired) electrons. The lowest BCUT2D eigenvalue weighted by Gasteiger charge is -2.20. The summed E-state index contributed by atoms with van der Waals surface area (Å²) in [5, 5.41) is 2.74. The minimum absolute atomic E-state index is 0.209. The number of benzene rings is 1. The Morgan fingerprint density at radius 3 is 2.67 bits per heavy atom. The number of fused-ring (bicyclic) bond motifs is 1. The molecule has 18 heavy (non-hydrogen) atoms. The van der Waals surface area contributed by atoms with Crippen LogP contribution < -0.4 is 5.32 Å². The lowest BCUT2D eigenvalue weighted by atomic mass is 10.1. The van der Waals surface area contributed by atoms with Crippen molar-refractivity contribution in [3.8, 4) is 0 Å². The molecule has 0 saturated heterocycles. The molecule has 0 aliphatic heterocycles. The minimum Gasteiger partial charge on any atom is -0.347 e. The minimum atomic E-state index is -3.55. The third kappa shape index (κ3) is 2.88. The Bertz CT molecular complexity index is 567. The van der Waals surface area contributed by atoms with E-state index in [0.29, 0.717) is 6.42 Å². The Kier molecular flexibility index (Phi) is 3.41. The van der Waals surface area contributed by atoms with Crippen molar-refractivity contribution >= 4 is 16.0 Å². The van der Waals surface area contributed by atoms with Crippen LogP contribution in [0.3, 0.4) is 0 Å². The van der Waals surface area contributed by atoms with E-state index in [1.807, 2.05) is 24.3 Å². The molecular formula is C12H15NO4S. The van der Waals surface area contributed by atoms with Crippen LogP contribution in [-0.2, 0) is 25.5 Å². The Morgan fingerprint density at radius 2 is 2.06 bits per heavy atom. The highest BCUT2D eigenvalue weighted by atomic mass is 32.2. The molecule has 1 amide bonds. The highest BCUT2D eigenvalue weighted by Gasteiger charge is 2.35. The number of carbonyl (C=O) groups excluding carboxylic acids is 1. The SMILES string of the molecule is CC(=O)N[C@H]1c2ccccc2C[C@@H]1OS(C)(=O)=O. The third-order valence-corrected chi connectivity index (χ3v) is 3.44. The second-order valence-electron chi connectivity index (χ2n) is 4.42. The van der Waals surface area contributed by atoms with Gasteiger partial charge >= 0.3 is 0 Å². The van der Waals surface area contributed by atoms with E-state index in [9.17, 15) is 13.2 Å². The maximum absolute atomic E-state index is 11.2. The summed E-state index contributed by atoms with van der Waals surface area (Å²) in [7, 11) is -3.55. The maximum atomic E-state index is 11.2. The molecule has 5 nitrogen and oxygen atoms in total. The fraction of sp³-hybridized carbons (Fsp3) is 0.417. The number of hydrogen-bond donors (Lipinski definition) is 1. The molecule has 0 bridgehead atoms. The number of amides is 1. The van der Waals surface area contributed by atoms with Crippen LogP contribution in [0.15, 0.2) is 24.3 Å². The van der Waals surface area contributed by atoms with Gasteiger partial charge in [0.05, 0.1) is 12.3 Å². The van der Waals surface area contributed by atoms with Crippen LogP contribution in [0.1, 0.15) is 24.1 Å². The fourth-order valence-electron chi connectivity index (χ4n) is 2.26. The summed E-state index contributed by atoms with van der Waals surface area (Å²) in [4.78, 5) is 11.2. The van der Waals surface area contributed by atoms with Gasteiger partial charge in [-0.05, 0) is 11.1 Å². The molecule has 1 N–H and O–H groups in total. The van der Waals surface area contributed by atoms with Crippen molar-refractivity contribution in [3.05, 3.63) is 35.4 Å². The van der Waals surface area contributed by atoms with E-state index < -0.39 is 22.3 Å². The lowest BCUT2D eigenvalue weighted by Crippen LogP contribution is -2.34. The second kappa shape index (κ2) is 4.70. The van der Waals surface area contributed by atoms with E-state index in [0.717, 1.165) is 17.4 Å². The van der Waals surface area contributed by atoms with Crippen LogP contribution in [0, 0.1) is 0 Å². The summed E-state index contributed by atoms with van der Waals surface area (Å²) in [5.41, 5.74) is 1.92. The van der Waals surface area contributed by atoms with Gasteiger partial charge in [0.15, 0.2) is 0 Å². The van der Waals surface area contributed by atoms with Crippen LogP contribution >= 0.6 is 0 Å². The quantitative estimate of drug-likeness (QED) is 0.822. The van der Waals surface area contributed by atoms with Gasteiger partial charge in [-0.15, -0.1) is 0 Å². The normalized spacial score (nSPS) is 22.6. The maximum Gasteiger partial charge on any atom is 0.264 e. The van der Waals surface area contributed by atoms with E-state index in [4.69, 9.17) is 4.18 Å². The highest BCUT2D eigenvalue weighted by molar-refractivity contribution is 7.86. The van der Waals surface area contributed by atoms with Crippen molar-refractivity contribution in [2.24, 2.45) is 0 Å². The van der Waals surface area contributed by atoms with Gasteiger partial charge in [0.2, 0.25) is 5.91 Å². The van der Waals surface area contributed by atoms with Crippen molar-refractivity contribution in [2.45, 2.75) is 25.5 Å². The van der Waals surface area contributed by atoms with E-state index in [1.165, 1.54) is 6.92 Å². The van der Waals surface area contributed by atoms with Crippen molar-refractivity contribution in [1.82, 2.24) is 5.32 Å². The summed E-state index contributed by atoms with van der Waals surface area (Å²) in [6.07, 6.45) is 0.927. The first-order valence-electron chi connectivity index (χ1n) is 5.60. The van der Waals surface area contributed by atoms with E-state index >= 15 is 0 Å². The molecule has 98 valence electrons. The lowest BCUT2D eigenvalue weighted by molar-refractivity contribution is -0.120. The van der Waals surface area contributed by atoms with E-state index in [-0.39, 0.29) is 5.91 Å². The topological polar surface area (TPSA) is 72.5 Å². The van der Waals surface area contributed by atoms with Gasteiger partial charge in [0.1, 0.15) is 6.10 Å². The zero-order valence-corrected chi connectivity index (χ0v) is 11.0. The zero-order valence-electron chi connectivity index (χ0n) is 10.2. The molecule has 0 fully saturated rings. The molecule has 1 aliphatic carbocycles. The zero-order chi connectivity index (χ0) is 13.3. The Morgan fingerprint density at radius 1 is 1.39 bits per heavy atom. The highest BCUT2D eigenvalue weighted by Crippen LogP contribution is 2.33. The Balaban J connectivity index is 2.30. The number of carbonyl (C=O) groups is 1. The number of nitrogens with one attached hydrogen (secondary N) is 1. The first-order chi connectivity index (χ1) is 8.37. The molecule has 0 saturated carbocycles. The van der Waals surface area contributed by atoms with E-state index in [2.05, 4.69) is 5.32 Å². The van der Waals surface area contributed by atoms with Crippen molar-refractivity contribution in [1.29, 1.82) is 0 Å². The molecule has 2 atom stereocenters. The Hall–Kier alpha value is -1.40. The second-order valence-corrected chi connectivity index (χ2v) is 6.02. The van der Waals surface area contributed by atoms with Crippen molar-refractivity contribution < 1.29 is 17.4 Å². The van der Waals surface area contributed by atoms with Gasteiger partial charge in [-0.3, -0.25) is 8.98 Å². The summed E-state index contributed by atoms with van der Waals surface area (Å²) in [5.74, 6) is -0.209. The molecular weight excluding hydrogens is 254 g/mol. The molecule has 1 aromatic carbocycles. The van der Waals surface area contributed by atoms with Gasteiger partial charge in [-0.2, -0.15) is 8.42 Å². The first kappa shape index (κ1) is 13.0. The summed E-state index contributed by atoms with van der Waals surface area (Å²) in [6, 6.07) is 7.12. The molecule has 0 heterocycles. The molecule has 0 unspecified atom stereocenters. The molecule has 0 aromatic heterocycles. The van der Waals surface area contributed by atoms with Gasteiger partial charge in [-0.1, -0.05) is 24.3 Å². The smallest absolute Gasteiger partial charge is 0.264 e. The van der Waals surface area contributed by atoms with Crippen molar-refractivity contribution in [2.75, 3.05) is 6.26 Å². The van der Waals surface area contributed by atoms with Crippen LogP contribution in [0.2, 0.25) is 0 Å². The van der Waals surface area contributed by atoms with Crippen molar-refractivity contribution in [3.63, 3.8) is 0 Å². The van der Waals surface area contributed by atoms with Crippen LogP contribution in [0.25, 0.3) is 0 Å². The van der Waals surface area contributed by atoms with Gasteiger partial charge in [0.25, 0.3) is 10.1 Å². The standard InChI is InChI=1S/C12H15NO4S/c1-8(14)13-12-10-6-4-3-5-9(10)7-11(12)17-18(2,15)16/h3-6,11-12H,7H2,1-2H3,(H,13,14)/t11-,12-/m0/s1. The molecule has 1 aromatic rings. The Labute approximate surface area is 106 Å². The number of hydrogen-bond acceptors (Lipinski definition) is 4. The largest absolute Gasteiger partial charge is 0.347 e. The van der Waals surface area contributed by atoms with Gasteiger partial charge < -0.3 is 5.32 Å². The summed E-state index contributed by atoms with van der Waals surface area (Å²) >= 11 is 0. The van der Waals surface area contributed by atoms with Gasteiger partial charge in [-0.25, -0.2) is 0 Å². The third-order valence-electron chi connectivity index (χ3n) is 2.84. The average molecular weight is 269 g/mol. The molecule has 2 rings (SSSR count). The molecule has 1 aliphatic rings. The van der Waals surface area contributed by atoms with Crippen LogP contribution in [0.4, 0.5) is 0 Å². The first-order valence-corrected chi connectivity index (χ1v) is 7.41. The van der Waals surface area contributed by atoms with Gasteiger partial charge in [0, 0.05) is 13.3 Å². The molecule has 6 heteroatoms. The van der Waals surface area contributed by atoms with E-state index in [1.54, 1.807) is 0 Å². The fourth-order valence-corrected chi connectivity index (χ4v) is 2.89. The van der Waals surface area contributed by atoms with Crippen LogP contribution in [-0.4, -0.2) is 26.7 Å². The predicted molar refractivity (Wildman–Crippen MR) is 66.4 cm³/mol. The van der Waals surface area contributed by atoms with Crippen LogP contribution in [0.5, 0.6) is 0 Å². The molecule has 0 spiro atoms.